The lowest BCUT2D eigenvalue weighted by atomic mass is 9.73. The van der Waals surface area contributed by atoms with Crippen molar-refractivity contribution in [1.29, 1.82) is 0 Å². The highest BCUT2D eigenvalue weighted by atomic mass is 16.5. The fourth-order valence-electron chi connectivity index (χ4n) is 5.19. The molecule has 0 N–H and O–H groups in total. The predicted octanol–water partition coefficient (Wildman–Crippen LogP) is 4.78. The van der Waals surface area contributed by atoms with E-state index < -0.39 is 0 Å². The zero-order valence-corrected chi connectivity index (χ0v) is 17.2. The van der Waals surface area contributed by atoms with Gasteiger partial charge in [-0.2, -0.15) is 5.10 Å². The summed E-state index contributed by atoms with van der Waals surface area (Å²) in [4.78, 5) is 13.3. The molecule has 0 aromatic heterocycles. The van der Waals surface area contributed by atoms with Gasteiger partial charge in [0.25, 0.3) is 0 Å². The average molecular weight is 385 g/mol. The van der Waals surface area contributed by atoms with E-state index in [4.69, 9.17) is 14.6 Å². The third-order valence-electron chi connectivity index (χ3n) is 6.73. The number of hydrazone groups is 1. The number of amides is 1. The van der Waals surface area contributed by atoms with E-state index in [0.29, 0.717) is 5.75 Å². The number of carbonyl (C=O) groups is 1. The molecular formula is C23H32N2O3. The van der Waals surface area contributed by atoms with Crippen molar-refractivity contribution < 1.29 is 14.3 Å². The van der Waals surface area contributed by atoms with Crippen LogP contribution in [0, 0.1) is 11.8 Å². The molecule has 1 aliphatic heterocycles. The van der Waals surface area contributed by atoms with Gasteiger partial charge in [0, 0.05) is 17.4 Å². The van der Waals surface area contributed by atoms with Crippen LogP contribution in [-0.2, 0) is 4.79 Å². The van der Waals surface area contributed by atoms with Crippen LogP contribution < -0.4 is 9.47 Å². The van der Waals surface area contributed by atoms with Gasteiger partial charge in [-0.1, -0.05) is 38.5 Å². The smallest absolute Gasteiger partial charge is 0.246 e. The molecule has 4 rings (SSSR count). The first kappa shape index (κ1) is 19.3. The number of fused-ring (bicyclic) bond motifs is 1. The SMILES string of the molecule is COc1ccc(C2=NN(C3CCCCCC3)C(=O)C3CCCCC23)cc1OC. The van der Waals surface area contributed by atoms with E-state index in [1.807, 2.05) is 17.1 Å². The maximum atomic E-state index is 13.3. The van der Waals surface area contributed by atoms with Gasteiger partial charge in [-0.25, -0.2) is 5.01 Å². The second-order valence-electron chi connectivity index (χ2n) is 8.38. The van der Waals surface area contributed by atoms with Crippen LogP contribution in [0.3, 0.4) is 0 Å². The fraction of sp³-hybridized carbons (Fsp3) is 0.652. The molecular weight excluding hydrogens is 352 g/mol. The molecule has 152 valence electrons. The molecule has 1 amide bonds. The number of nitrogens with zero attached hydrogens (tertiary/aromatic N) is 2. The Morgan fingerprint density at radius 3 is 2.18 bits per heavy atom. The summed E-state index contributed by atoms with van der Waals surface area (Å²) in [7, 11) is 3.31. The summed E-state index contributed by atoms with van der Waals surface area (Å²) in [5.74, 6) is 2.01. The molecule has 1 heterocycles. The summed E-state index contributed by atoms with van der Waals surface area (Å²) in [5, 5.41) is 6.90. The summed E-state index contributed by atoms with van der Waals surface area (Å²) in [6.45, 7) is 0. The van der Waals surface area contributed by atoms with Gasteiger partial charge in [-0.3, -0.25) is 4.79 Å². The molecule has 2 unspecified atom stereocenters. The molecule has 0 saturated heterocycles. The largest absolute Gasteiger partial charge is 0.493 e. The van der Waals surface area contributed by atoms with Crippen LogP contribution in [0.4, 0.5) is 0 Å². The second-order valence-corrected chi connectivity index (χ2v) is 8.38. The van der Waals surface area contributed by atoms with E-state index in [1.54, 1.807) is 14.2 Å². The maximum Gasteiger partial charge on any atom is 0.246 e. The number of rotatable bonds is 4. The summed E-state index contributed by atoms with van der Waals surface area (Å²) in [5.41, 5.74) is 2.12. The highest BCUT2D eigenvalue weighted by Gasteiger charge is 2.43. The van der Waals surface area contributed by atoms with Crippen molar-refractivity contribution >= 4 is 11.6 Å². The van der Waals surface area contributed by atoms with Gasteiger partial charge >= 0.3 is 0 Å². The molecule has 2 fully saturated rings. The molecule has 2 aliphatic carbocycles. The van der Waals surface area contributed by atoms with Gasteiger partial charge in [-0.15, -0.1) is 0 Å². The highest BCUT2D eigenvalue weighted by Crippen LogP contribution is 2.40. The van der Waals surface area contributed by atoms with Crippen molar-refractivity contribution in [3.63, 3.8) is 0 Å². The van der Waals surface area contributed by atoms with Gasteiger partial charge in [0.1, 0.15) is 0 Å². The molecule has 3 aliphatic rings. The lowest BCUT2D eigenvalue weighted by Crippen LogP contribution is -2.49. The molecule has 0 spiro atoms. The van der Waals surface area contributed by atoms with E-state index in [2.05, 4.69) is 6.07 Å². The van der Waals surface area contributed by atoms with Gasteiger partial charge in [0.15, 0.2) is 11.5 Å². The van der Waals surface area contributed by atoms with Crippen molar-refractivity contribution in [2.24, 2.45) is 16.9 Å². The third kappa shape index (κ3) is 3.63. The zero-order chi connectivity index (χ0) is 19.5. The van der Waals surface area contributed by atoms with Gasteiger partial charge < -0.3 is 9.47 Å². The number of hydrogen-bond acceptors (Lipinski definition) is 4. The van der Waals surface area contributed by atoms with Crippen LogP contribution in [-0.4, -0.2) is 36.9 Å². The minimum atomic E-state index is 0.0811. The molecule has 0 bridgehead atoms. The lowest BCUT2D eigenvalue weighted by molar-refractivity contribution is -0.141. The van der Waals surface area contributed by atoms with Crippen LogP contribution >= 0.6 is 0 Å². The van der Waals surface area contributed by atoms with Crippen molar-refractivity contribution in [2.75, 3.05) is 14.2 Å². The molecule has 28 heavy (non-hydrogen) atoms. The first-order chi connectivity index (χ1) is 13.7. The molecule has 1 aromatic carbocycles. The van der Waals surface area contributed by atoms with E-state index in [1.165, 1.54) is 32.1 Å². The van der Waals surface area contributed by atoms with Crippen molar-refractivity contribution in [2.45, 2.75) is 70.3 Å². The van der Waals surface area contributed by atoms with Gasteiger partial charge in [0.05, 0.1) is 26.0 Å². The van der Waals surface area contributed by atoms with Crippen LogP contribution in [0.5, 0.6) is 11.5 Å². The van der Waals surface area contributed by atoms with Crippen LogP contribution in [0.25, 0.3) is 0 Å². The van der Waals surface area contributed by atoms with E-state index in [0.717, 1.165) is 49.1 Å². The number of methoxy groups -OCH3 is 2. The average Bonchev–Trinajstić information content (AvgIpc) is 3.03. The Bertz CT molecular complexity index is 737. The second kappa shape index (κ2) is 8.54. The Balaban J connectivity index is 1.73. The molecule has 2 saturated carbocycles. The standard InChI is InChI=1S/C23H32N2O3/c1-27-20-14-13-16(15-21(20)28-2)22-18-11-7-8-12-19(18)23(26)25(24-22)17-9-5-3-4-6-10-17/h13-15,17-19H,3-12H2,1-2H3. The van der Waals surface area contributed by atoms with E-state index >= 15 is 0 Å². The Morgan fingerprint density at radius 2 is 1.50 bits per heavy atom. The number of ether oxygens (including phenoxy) is 2. The quantitative estimate of drug-likeness (QED) is 0.702. The maximum absolute atomic E-state index is 13.3. The number of hydrogen-bond donors (Lipinski definition) is 0. The van der Waals surface area contributed by atoms with Gasteiger partial charge in [0.2, 0.25) is 5.91 Å². The first-order valence-corrected chi connectivity index (χ1v) is 10.9. The number of benzene rings is 1. The van der Waals surface area contributed by atoms with E-state index in [9.17, 15) is 4.79 Å². The first-order valence-electron chi connectivity index (χ1n) is 10.9. The predicted molar refractivity (Wildman–Crippen MR) is 110 cm³/mol. The molecule has 1 aromatic rings. The lowest BCUT2D eigenvalue weighted by Gasteiger charge is -2.41. The molecule has 0 radical (unpaired) electrons. The van der Waals surface area contributed by atoms with Crippen molar-refractivity contribution in [3.8, 4) is 11.5 Å². The Hall–Kier alpha value is -2.04. The van der Waals surface area contributed by atoms with Crippen LogP contribution in [0.15, 0.2) is 23.3 Å². The zero-order valence-electron chi connectivity index (χ0n) is 17.2. The van der Waals surface area contributed by atoms with Crippen LogP contribution in [0.1, 0.15) is 69.8 Å². The third-order valence-corrected chi connectivity index (χ3v) is 6.73. The highest BCUT2D eigenvalue weighted by molar-refractivity contribution is 6.07. The molecule has 5 heteroatoms. The minimum Gasteiger partial charge on any atom is -0.493 e. The minimum absolute atomic E-state index is 0.0811. The molecule has 5 nitrogen and oxygen atoms in total. The van der Waals surface area contributed by atoms with E-state index in [-0.39, 0.29) is 23.8 Å². The van der Waals surface area contributed by atoms with Gasteiger partial charge in [-0.05, 0) is 43.9 Å². The topological polar surface area (TPSA) is 51.1 Å². The Kier molecular flexibility index (Phi) is 5.88. The monoisotopic (exact) mass is 384 g/mol. The van der Waals surface area contributed by atoms with Crippen molar-refractivity contribution in [1.82, 2.24) is 5.01 Å². The molecule has 2 atom stereocenters. The summed E-state index contributed by atoms with van der Waals surface area (Å²) in [6, 6.07) is 6.28. The summed E-state index contributed by atoms with van der Waals surface area (Å²) < 4.78 is 10.9. The summed E-state index contributed by atoms with van der Waals surface area (Å²) >= 11 is 0. The fourth-order valence-corrected chi connectivity index (χ4v) is 5.19. The van der Waals surface area contributed by atoms with Crippen molar-refractivity contribution in [3.05, 3.63) is 23.8 Å². The summed E-state index contributed by atoms with van der Waals surface area (Å²) in [6.07, 6.45) is 11.4. The number of carbonyl (C=O) groups excluding carboxylic acids is 1. The Labute approximate surface area is 168 Å². The van der Waals surface area contributed by atoms with Crippen LogP contribution in [0.2, 0.25) is 0 Å². The normalized spacial score (nSPS) is 26.3. The Morgan fingerprint density at radius 1 is 0.857 bits per heavy atom.